The van der Waals surface area contributed by atoms with Crippen molar-refractivity contribution in [1.82, 2.24) is 0 Å². The normalized spacial score (nSPS) is 16.9. The van der Waals surface area contributed by atoms with E-state index in [1.807, 2.05) is 0 Å². The summed E-state index contributed by atoms with van der Waals surface area (Å²) in [5.74, 6) is 0. The Morgan fingerprint density at radius 1 is 0.422 bits per heavy atom. The summed E-state index contributed by atoms with van der Waals surface area (Å²) in [4.78, 5) is 0. The van der Waals surface area contributed by atoms with Gasteiger partial charge in [-0.2, -0.15) is 0 Å². The van der Waals surface area contributed by atoms with Crippen molar-refractivity contribution in [2.24, 2.45) is 0 Å². The molecule has 220 valence electrons. The van der Waals surface area contributed by atoms with E-state index in [-0.39, 0.29) is 24.8 Å². The average Bonchev–Trinajstić information content (AvgIpc) is 3.73. The second kappa shape index (κ2) is 11.1. The van der Waals surface area contributed by atoms with Crippen molar-refractivity contribution >= 4 is 95.5 Å². The summed E-state index contributed by atoms with van der Waals surface area (Å²) in [7, 11) is 0. The number of hydrogen-bond acceptors (Lipinski definition) is 0. The molecule has 0 nitrogen and oxygen atoms in total. The van der Waals surface area contributed by atoms with Gasteiger partial charge in [0.2, 0.25) is 0 Å². The van der Waals surface area contributed by atoms with Crippen molar-refractivity contribution in [3.63, 3.8) is 0 Å². The van der Waals surface area contributed by atoms with E-state index in [2.05, 4.69) is 156 Å². The maximum absolute atomic E-state index is 4.04. The van der Waals surface area contributed by atoms with Crippen molar-refractivity contribution in [2.75, 3.05) is 0 Å². The first-order valence-corrected chi connectivity index (χ1v) is 32.4. The third-order valence-corrected chi connectivity index (χ3v) is 42.6. The van der Waals surface area contributed by atoms with Crippen LogP contribution in [0, 0.1) is 0 Å². The molecule has 0 fully saturated rings. The van der Waals surface area contributed by atoms with Crippen LogP contribution in [0.5, 0.6) is 0 Å². The molecule has 0 heterocycles. The van der Waals surface area contributed by atoms with E-state index in [0.29, 0.717) is 7.25 Å². The summed E-state index contributed by atoms with van der Waals surface area (Å²) in [6.07, 6.45) is 10.3. The van der Waals surface area contributed by atoms with Crippen LogP contribution in [0.1, 0.15) is 29.5 Å². The Balaban J connectivity index is 0.00000163. The van der Waals surface area contributed by atoms with E-state index in [9.17, 15) is 0 Å². The molecule has 2 aliphatic carbocycles. The zero-order valence-electron chi connectivity index (χ0n) is 25.1. The molecule has 2 unspecified atom stereocenters. The molecule has 45 heavy (non-hydrogen) atoms. The van der Waals surface area contributed by atoms with Gasteiger partial charge in [0, 0.05) is 0 Å². The van der Waals surface area contributed by atoms with E-state index in [1.165, 1.54) is 66.4 Å². The van der Waals surface area contributed by atoms with Crippen LogP contribution in [0.3, 0.4) is 0 Å². The maximum atomic E-state index is 2.80. The van der Waals surface area contributed by atoms with Gasteiger partial charge in [-0.05, 0) is 0 Å². The number of allylic oxidation sites excluding steroid dienone is 2. The summed E-state index contributed by atoms with van der Waals surface area (Å²) in [6.45, 7) is 0. The van der Waals surface area contributed by atoms with Crippen LogP contribution in [0.15, 0.2) is 140 Å². The van der Waals surface area contributed by atoms with Gasteiger partial charge in [-0.1, -0.05) is 0 Å². The molecule has 0 saturated heterocycles. The molecular formula is C41H34Cl2GeZr. The number of benzene rings is 7. The molecule has 2 aliphatic rings. The second-order valence-electron chi connectivity index (χ2n) is 13.1. The van der Waals surface area contributed by atoms with Crippen LogP contribution in [-0.4, -0.2) is 12.1 Å². The number of halogens is 2. The van der Waals surface area contributed by atoms with Crippen molar-refractivity contribution in [3.05, 3.63) is 162 Å². The topological polar surface area (TPSA) is 0 Å². The molecule has 0 aliphatic heterocycles. The van der Waals surface area contributed by atoms with Crippen LogP contribution in [0.25, 0.3) is 55.2 Å². The van der Waals surface area contributed by atoms with Crippen LogP contribution in [-0.2, 0) is 15.7 Å². The van der Waals surface area contributed by atoms with Crippen molar-refractivity contribution in [2.45, 2.75) is 11.9 Å². The third-order valence-electron chi connectivity index (χ3n) is 10.9. The molecule has 0 amide bonds. The summed E-state index contributed by atoms with van der Waals surface area (Å²) in [5.41, 5.74) is 6.03. The Labute approximate surface area is 282 Å². The SMILES string of the molecule is Cl.Cl.[CH3][Zr](=[GeH2])([c]1ccccc1)([CH]1C=Cc2c1c1ccccc1c1ccccc21)[CH]1C=Cc2c1c1ccccc1c1ccccc21. The van der Waals surface area contributed by atoms with Gasteiger partial charge in [0.05, 0.1) is 0 Å². The fourth-order valence-electron chi connectivity index (χ4n) is 8.81. The molecule has 9 rings (SSSR count). The Hall–Kier alpha value is -2.93. The summed E-state index contributed by atoms with van der Waals surface area (Å²) in [5, 5.41) is 11.1. The molecule has 0 spiro atoms. The molecule has 0 radical (unpaired) electrons. The molecule has 4 heteroatoms. The zero-order chi connectivity index (χ0) is 28.8. The number of rotatable bonds is 3. The first kappa shape index (κ1) is 30.7. The van der Waals surface area contributed by atoms with Crippen molar-refractivity contribution < 1.29 is 15.7 Å². The molecule has 7 aromatic rings. The third kappa shape index (κ3) is 4.14. The van der Waals surface area contributed by atoms with Gasteiger partial charge < -0.3 is 0 Å². The molecule has 0 saturated carbocycles. The quantitative estimate of drug-likeness (QED) is 0.124. The number of hydrogen-bond donors (Lipinski definition) is 0. The second-order valence-corrected chi connectivity index (χ2v) is 51.8. The zero-order valence-corrected chi connectivity index (χ0v) is 32.2. The van der Waals surface area contributed by atoms with Gasteiger partial charge in [0.1, 0.15) is 0 Å². The molecule has 7 aromatic carbocycles. The minimum absolute atomic E-state index is 0. The average molecular weight is 761 g/mol. The van der Waals surface area contributed by atoms with E-state index in [4.69, 9.17) is 0 Å². The fourth-order valence-corrected chi connectivity index (χ4v) is 34.3. The Kier molecular flexibility index (Phi) is 7.57. The van der Waals surface area contributed by atoms with Gasteiger partial charge in [-0.15, -0.1) is 24.8 Å². The predicted octanol–water partition coefficient (Wildman–Crippen LogP) is 10.6. The molecule has 2 atom stereocenters. The molecular weight excluding hydrogens is 727 g/mol. The Morgan fingerprint density at radius 3 is 1.13 bits per heavy atom. The minimum atomic E-state index is -4.04. The first-order valence-electron chi connectivity index (χ1n) is 15.4. The van der Waals surface area contributed by atoms with Crippen LogP contribution < -0.4 is 3.27 Å². The fraction of sp³-hybridized carbons (Fsp3) is 0.0732. The van der Waals surface area contributed by atoms with Gasteiger partial charge in [0.25, 0.3) is 0 Å². The van der Waals surface area contributed by atoms with E-state index >= 15 is 0 Å². The van der Waals surface area contributed by atoms with Crippen LogP contribution in [0.2, 0.25) is 4.63 Å². The predicted molar refractivity (Wildman–Crippen MR) is 201 cm³/mol. The van der Waals surface area contributed by atoms with Gasteiger partial charge in [0.15, 0.2) is 0 Å². The summed E-state index contributed by atoms with van der Waals surface area (Å²) < 4.78 is 5.26. The Bertz CT molecular complexity index is 2300. The molecule has 0 N–H and O–H groups in total. The molecule has 0 bridgehead atoms. The van der Waals surface area contributed by atoms with Crippen molar-refractivity contribution in [3.8, 4) is 0 Å². The first-order chi connectivity index (χ1) is 21.1. The monoisotopic (exact) mass is 760 g/mol. The van der Waals surface area contributed by atoms with Crippen LogP contribution >= 0.6 is 24.8 Å². The Morgan fingerprint density at radius 2 is 0.733 bits per heavy atom. The van der Waals surface area contributed by atoms with E-state index in [1.54, 1.807) is 14.4 Å². The number of fused-ring (bicyclic) bond motifs is 12. The van der Waals surface area contributed by atoms with Crippen molar-refractivity contribution in [1.29, 1.82) is 0 Å². The van der Waals surface area contributed by atoms with Gasteiger partial charge >= 0.3 is 260 Å². The standard InChI is InChI=1S/2C17H11.C6H5.CH3.2ClH.GeH2.Zr/c2*1-3-8-14-12(6-1)13-7-2-4-9-15(13)17-11-5-10-16(14)17;1-2-4-6-5-3-1;;;;;/h2*1-11H;1-5H;1H3;2*1H;1H2;. The molecule has 0 aromatic heterocycles. The summed E-state index contributed by atoms with van der Waals surface area (Å²) in [6, 6.07) is 48.2. The van der Waals surface area contributed by atoms with Gasteiger partial charge in [-0.3, -0.25) is 0 Å². The van der Waals surface area contributed by atoms with Gasteiger partial charge in [-0.25, -0.2) is 0 Å². The van der Waals surface area contributed by atoms with E-state index < -0.39 is 15.7 Å². The van der Waals surface area contributed by atoms with E-state index in [0.717, 1.165) is 0 Å². The summed E-state index contributed by atoms with van der Waals surface area (Å²) >= 11 is -2.72. The van der Waals surface area contributed by atoms with Crippen LogP contribution in [0.4, 0.5) is 0 Å².